The first-order valence-corrected chi connectivity index (χ1v) is 10.2. The van der Waals surface area contributed by atoms with Crippen LogP contribution in [0.1, 0.15) is 49.4 Å². The molecule has 0 spiro atoms. The lowest BCUT2D eigenvalue weighted by Gasteiger charge is -2.04. The molecule has 0 fully saturated rings. The summed E-state index contributed by atoms with van der Waals surface area (Å²) in [5, 5.41) is 4.78. The van der Waals surface area contributed by atoms with Gasteiger partial charge in [0.25, 0.3) is 0 Å². The van der Waals surface area contributed by atoms with E-state index < -0.39 is 12.2 Å². The summed E-state index contributed by atoms with van der Waals surface area (Å²) in [6.45, 7) is 9.02. The number of amides is 2. The van der Waals surface area contributed by atoms with Crippen LogP contribution in [0.2, 0.25) is 0 Å². The quantitative estimate of drug-likeness (QED) is 0.687. The standard InChI is InChI=1S/C11H15NO2.C10H13NO2.C3H8/c1-3-9-4-6-10(7-5-9)8-14-11(13)12-2;1-8-3-5-9(6-4-8)7-13-10(12)11-2;1-3-2/h4-7H,3,8H2,1-2H3,(H,12,13);3-6H,7H2,1-2H3,(H,11,12);3H2,1-2H3. The summed E-state index contributed by atoms with van der Waals surface area (Å²) in [6, 6.07) is 15.9. The first-order valence-electron chi connectivity index (χ1n) is 10.2. The van der Waals surface area contributed by atoms with Gasteiger partial charge in [-0.25, -0.2) is 9.59 Å². The van der Waals surface area contributed by atoms with E-state index in [2.05, 4.69) is 31.4 Å². The second-order valence-electron chi connectivity index (χ2n) is 6.52. The molecular formula is C24H36N2O4. The number of aryl methyl sites for hydroxylation is 2. The number of benzene rings is 2. The molecular weight excluding hydrogens is 380 g/mol. The van der Waals surface area contributed by atoms with E-state index >= 15 is 0 Å². The van der Waals surface area contributed by atoms with Crippen LogP contribution < -0.4 is 10.6 Å². The highest BCUT2D eigenvalue weighted by Gasteiger charge is 1.99. The molecule has 0 unspecified atom stereocenters. The molecule has 0 heterocycles. The average molecular weight is 417 g/mol. The monoisotopic (exact) mass is 416 g/mol. The third-order valence-corrected chi connectivity index (χ3v) is 3.70. The predicted octanol–water partition coefficient (Wildman–Crippen LogP) is 5.37. The first kappa shape index (κ1) is 27.0. The van der Waals surface area contributed by atoms with E-state index in [0.717, 1.165) is 17.5 Å². The predicted molar refractivity (Wildman–Crippen MR) is 121 cm³/mol. The van der Waals surface area contributed by atoms with Gasteiger partial charge >= 0.3 is 12.2 Å². The molecule has 0 saturated carbocycles. The fraction of sp³-hybridized carbons (Fsp3) is 0.417. The van der Waals surface area contributed by atoms with Gasteiger partial charge in [-0.05, 0) is 30.0 Å². The van der Waals surface area contributed by atoms with Crippen LogP contribution >= 0.6 is 0 Å². The number of hydrogen-bond donors (Lipinski definition) is 2. The van der Waals surface area contributed by atoms with Gasteiger partial charge < -0.3 is 20.1 Å². The Hall–Kier alpha value is -3.02. The molecule has 0 radical (unpaired) electrons. The molecule has 0 bridgehead atoms. The molecule has 2 aromatic rings. The van der Waals surface area contributed by atoms with Gasteiger partial charge in [0, 0.05) is 14.1 Å². The van der Waals surface area contributed by atoms with Crippen molar-refractivity contribution in [3.63, 3.8) is 0 Å². The van der Waals surface area contributed by atoms with Crippen LogP contribution in [0, 0.1) is 6.92 Å². The summed E-state index contributed by atoms with van der Waals surface area (Å²) in [6.07, 6.45) is 1.47. The lowest BCUT2D eigenvalue weighted by atomic mass is 10.1. The van der Waals surface area contributed by atoms with Gasteiger partial charge in [0.05, 0.1) is 0 Å². The summed E-state index contributed by atoms with van der Waals surface area (Å²) in [4.78, 5) is 21.5. The van der Waals surface area contributed by atoms with Gasteiger partial charge in [-0.3, -0.25) is 0 Å². The van der Waals surface area contributed by atoms with Crippen LogP contribution in [-0.2, 0) is 29.1 Å². The van der Waals surface area contributed by atoms with Crippen molar-refractivity contribution >= 4 is 12.2 Å². The topological polar surface area (TPSA) is 76.7 Å². The number of hydrogen-bond acceptors (Lipinski definition) is 4. The van der Waals surface area contributed by atoms with E-state index in [0.29, 0.717) is 13.2 Å². The van der Waals surface area contributed by atoms with Crippen molar-refractivity contribution < 1.29 is 19.1 Å². The van der Waals surface area contributed by atoms with Crippen molar-refractivity contribution in [3.8, 4) is 0 Å². The fourth-order valence-corrected chi connectivity index (χ4v) is 2.00. The smallest absolute Gasteiger partial charge is 0.407 e. The van der Waals surface area contributed by atoms with E-state index in [1.807, 2.05) is 55.5 Å². The Bertz CT molecular complexity index is 713. The number of carbonyl (C=O) groups is 2. The lowest BCUT2D eigenvalue weighted by Crippen LogP contribution is -2.18. The van der Waals surface area contributed by atoms with E-state index in [1.165, 1.54) is 24.6 Å². The average Bonchev–Trinajstić information content (AvgIpc) is 2.78. The molecule has 2 rings (SSSR count). The number of alkyl carbamates (subject to hydrolysis) is 2. The number of ether oxygens (including phenoxy) is 2. The molecule has 166 valence electrons. The van der Waals surface area contributed by atoms with E-state index in [4.69, 9.17) is 9.47 Å². The van der Waals surface area contributed by atoms with Crippen molar-refractivity contribution in [2.24, 2.45) is 0 Å². The van der Waals surface area contributed by atoms with Crippen LogP contribution in [0.5, 0.6) is 0 Å². The normalized spacial score (nSPS) is 9.13. The number of carbonyl (C=O) groups excluding carboxylic acids is 2. The number of rotatable bonds is 5. The van der Waals surface area contributed by atoms with Crippen molar-refractivity contribution in [1.82, 2.24) is 10.6 Å². The summed E-state index contributed by atoms with van der Waals surface area (Å²) >= 11 is 0. The summed E-state index contributed by atoms with van der Waals surface area (Å²) < 4.78 is 9.77. The van der Waals surface area contributed by atoms with Crippen molar-refractivity contribution in [1.29, 1.82) is 0 Å². The third kappa shape index (κ3) is 13.2. The molecule has 0 aromatic heterocycles. The summed E-state index contributed by atoms with van der Waals surface area (Å²) in [5.74, 6) is 0. The zero-order chi connectivity index (χ0) is 22.8. The highest BCUT2D eigenvalue weighted by atomic mass is 16.6. The minimum absolute atomic E-state index is 0.319. The molecule has 2 N–H and O–H groups in total. The Morgan fingerprint density at radius 2 is 1.03 bits per heavy atom. The van der Waals surface area contributed by atoms with Crippen LogP contribution in [0.25, 0.3) is 0 Å². The molecule has 0 atom stereocenters. The number of nitrogens with one attached hydrogen (secondary N) is 2. The van der Waals surface area contributed by atoms with Gasteiger partial charge in [0.2, 0.25) is 0 Å². The van der Waals surface area contributed by atoms with Gasteiger partial charge in [-0.1, -0.05) is 81.3 Å². The zero-order valence-corrected chi connectivity index (χ0v) is 19.1. The van der Waals surface area contributed by atoms with Gasteiger partial charge in [-0.2, -0.15) is 0 Å². The zero-order valence-electron chi connectivity index (χ0n) is 19.1. The second kappa shape index (κ2) is 16.9. The molecule has 2 amide bonds. The molecule has 0 aliphatic heterocycles. The van der Waals surface area contributed by atoms with Crippen LogP contribution in [0.3, 0.4) is 0 Å². The maximum absolute atomic E-state index is 10.8. The second-order valence-corrected chi connectivity index (χ2v) is 6.52. The Kier molecular flexibility index (Phi) is 15.2. The molecule has 6 heteroatoms. The highest BCUT2D eigenvalue weighted by Crippen LogP contribution is 2.06. The maximum atomic E-state index is 10.8. The van der Waals surface area contributed by atoms with E-state index in [9.17, 15) is 9.59 Å². The minimum Gasteiger partial charge on any atom is -0.445 e. The largest absolute Gasteiger partial charge is 0.445 e. The van der Waals surface area contributed by atoms with Crippen LogP contribution in [-0.4, -0.2) is 26.3 Å². The molecule has 6 nitrogen and oxygen atoms in total. The van der Waals surface area contributed by atoms with Crippen molar-refractivity contribution in [2.75, 3.05) is 14.1 Å². The maximum Gasteiger partial charge on any atom is 0.407 e. The highest BCUT2D eigenvalue weighted by molar-refractivity contribution is 5.66. The molecule has 0 aliphatic carbocycles. The Morgan fingerprint density at radius 3 is 1.37 bits per heavy atom. The van der Waals surface area contributed by atoms with Gasteiger partial charge in [-0.15, -0.1) is 0 Å². The minimum atomic E-state index is -0.402. The van der Waals surface area contributed by atoms with E-state index in [1.54, 1.807) is 7.05 Å². The summed E-state index contributed by atoms with van der Waals surface area (Å²) in [5.41, 5.74) is 4.48. The van der Waals surface area contributed by atoms with Crippen LogP contribution in [0.4, 0.5) is 9.59 Å². The first-order chi connectivity index (χ1) is 14.4. The van der Waals surface area contributed by atoms with Gasteiger partial charge in [0.1, 0.15) is 13.2 Å². The molecule has 0 aliphatic rings. The Morgan fingerprint density at radius 1 is 0.700 bits per heavy atom. The molecule has 0 saturated heterocycles. The lowest BCUT2D eigenvalue weighted by molar-refractivity contribution is 0.141. The van der Waals surface area contributed by atoms with Crippen molar-refractivity contribution in [2.45, 2.75) is 53.8 Å². The fourth-order valence-electron chi connectivity index (χ4n) is 2.00. The van der Waals surface area contributed by atoms with E-state index in [-0.39, 0.29) is 0 Å². The van der Waals surface area contributed by atoms with Crippen molar-refractivity contribution in [3.05, 3.63) is 70.8 Å². The van der Waals surface area contributed by atoms with Gasteiger partial charge in [0.15, 0.2) is 0 Å². The SMILES string of the molecule is CCC.CCc1ccc(COC(=O)NC)cc1.CNC(=O)OCc1ccc(C)cc1. The summed E-state index contributed by atoms with van der Waals surface area (Å²) in [7, 11) is 3.08. The Balaban J connectivity index is 0.000000497. The Labute approximate surface area is 181 Å². The molecule has 2 aromatic carbocycles. The molecule has 30 heavy (non-hydrogen) atoms. The third-order valence-electron chi connectivity index (χ3n) is 3.70. The van der Waals surface area contributed by atoms with Crippen LogP contribution in [0.15, 0.2) is 48.5 Å².